The molecule has 4 nitrogen and oxygen atoms in total. The first-order valence-corrected chi connectivity index (χ1v) is 10.6. The summed E-state index contributed by atoms with van der Waals surface area (Å²) in [4.78, 5) is 18.5. The van der Waals surface area contributed by atoms with Crippen molar-refractivity contribution in [2.24, 2.45) is 23.2 Å². The zero-order valence-electron chi connectivity index (χ0n) is 16.7. The summed E-state index contributed by atoms with van der Waals surface area (Å²) in [5, 5.41) is 0. The number of allylic oxidation sites excluding steroid dienone is 1. The third kappa shape index (κ3) is 3.69. The summed E-state index contributed by atoms with van der Waals surface area (Å²) in [5.41, 5.74) is 2.82. The first-order valence-electron chi connectivity index (χ1n) is 10.6. The molecule has 3 fully saturated rings. The third-order valence-electron chi connectivity index (χ3n) is 7.42. The molecule has 0 amide bonds. The van der Waals surface area contributed by atoms with Gasteiger partial charge in [0.15, 0.2) is 0 Å². The summed E-state index contributed by atoms with van der Waals surface area (Å²) >= 11 is 0. The summed E-state index contributed by atoms with van der Waals surface area (Å²) in [5.74, 6) is 1.02. The number of carbonyl (C=O) groups excluding carboxylic acids is 1. The Hall–Kier alpha value is -1.68. The molecule has 27 heavy (non-hydrogen) atoms. The van der Waals surface area contributed by atoms with Gasteiger partial charge in [-0.3, -0.25) is 9.78 Å². The van der Waals surface area contributed by atoms with Crippen molar-refractivity contribution >= 4 is 5.97 Å². The van der Waals surface area contributed by atoms with Crippen molar-refractivity contribution in [2.45, 2.75) is 51.6 Å². The molecule has 2 saturated carbocycles. The second-order valence-corrected chi connectivity index (χ2v) is 9.39. The molecule has 4 heteroatoms. The highest BCUT2D eigenvalue weighted by Gasteiger charge is 2.55. The van der Waals surface area contributed by atoms with Crippen molar-refractivity contribution in [1.82, 2.24) is 4.98 Å². The van der Waals surface area contributed by atoms with Gasteiger partial charge in [-0.15, -0.1) is 0 Å². The standard InChI is InChI=1S/C23H32N2O2/c1-16-7-6-10-23(2)14-21-18(13-20(16)23)19(22(26)27-21)15-25(3)12-9-17-8-4-5-11-24-17/h4-5,8,11,18-21H,1,6-7,9-10,12-15H2,2-3H3/p+1/t18-,19-,20-,21+,23-/m0/s1. The lowest BCUT2D eigenvalue weighted by molar-refractivity contribution is -0.882. The van der Waals surface area contributed by atoms with Gasteiger partial charge in [0.25, 0.3) is 0 Å². The lowest BCUT2D eigenvalue weighted by Gasteiger charge is -2.50. The van der Waals surface area contributed by atoms with Crippen LogP contribution in [-0.4, -0.2) is 37.2 Å². The number of rotatable bonds is 5. The van der Waals surface area contributed by atoms with Crippen LogP contribution in [0, 0.1) is 23.2 Å². The molecule has 1 aromatic rings. The van der Waals surface area contributed by atoms with Crippen molar-refractivity contribution in [3.8, 4) is 0 Å². The molecule has 1 N–H and O–H groups in total. The first-order chi connectivity index (χ1) is 13.0. The zero-order chi connectivity index (χ0) is 19.0. The molecule has 1 aromatic heterocycles. The van der Waals surface area contributed by atoms with Gasteiger partial charge in [0.2, 0.25) is 0 Å². The van der Waals surface area contributed by atoms with E-state index in [9.17, 15) is 4.79 Å². The summed E-state index contributed by atoms with van der Waals surface area (Å²) in [6.45, 7) is 8.64. The topological polar surface area (TPSA) is 43.6 Å². The van der Waals surface area contributed by atoms with Crippen LogP contribution in [0.2, 0.25) is 0 Å². The quantitative estimate of drug-likeness (QED) is 0.640. The average Bonchev–Trinajstić information content (AvgIpc) is 2.93. The normalized spacial score (nSPS) is 36.7. The summed E-state index contributed by atoms with van der Waals surface area (Å²) in [7, 11) is 2.19. The van der Waals surface area contributed by atoms with Crippen LogP contribution in [-0.2, 0) is 16.0 Å². The number of esters is 1. The van der Waals surface area contributed by atoms with Gasteiger partial charge < -0.3 is 9.64 Å². The van der Waals surface area contributed by atoms with Gasteiger partial charge in [0.05, 0.1) is 20.1 Å². The van der Waals surface area contributed by atoms with Crippen LogP contribution in [0.3, 0.4) is 0 Å². The van der Waals surface area contributed by atoms with Gasteiger partial charge >= 0.3 is 5.97 Å². The average molecular weight is 370 g/mol. The number of pyridine rings is 1. The molecule has 3 aliphatic rings. The van der Waals surface area contributed by atoms with Crippen molar-refractivity contribution in [3.63, 3.8) is 0 Å². The number of hydrogen-bond donors (Lipinski definition) is 1. The minimum Gasteiger partial charge on any atom is -0.462 e. The molecule has 2 heterocycles. The van der Waals surface area contributed by atoms with E-state index in [1.54, 1.807) is 0 Å². The van der Waals surface area contributed by atoms with Crippen LogP contribution < -0.4 is 4.90 Å². The van der Waals surface area contributed by atoms with E-state index in [-0.39, 0.29) is 23.4 Å². The molecule has 1 unspecified atom stereocenters. The van der Waals surface area contributed by atoms with Crippen LogP contribution in [0.1, 0.15) is 44.7 Å². The molecule has 1 saturated heterocycles. The van der Waals surface area contributed by atoms with Crippen LogP contribution in [0.15, 0.2) is 36.5 Å². The molecule has 1 aliphatic heterocycles. The van der Waals surface area contributed by atoms with Crippen LogP contribution >= 0.6 is 0 Å². The Labute approximate surface area is 163 Å². The molecular weight excluding hydrogens is 336 g/mol. The van der Waals surface area contributed by atoms with E-state index in [0.717, 1.165) is 44.5 Å². The van der Waals surface area contributed by atoms with E-state index in [1.807, 2.05) is 18.3 Å². The lowest BCUT2D eigenvalue weighted by atomic mass is 9.55. The fourth-order valence-electron chi connectivity index (χ4n) is 5.85. The van der Waals surface area contributed by atoms with E-state index < -0.39 is 0 Å². The maximum atomic E-state index is 12.7. The number of aromatic nitrogens is 1. The monoisotopic (exact) mass is 369 g/mol. The second kappa shape index (κ2) is 7.38. The van der Waals surface area contributed by atoms with Crippen LogP contribution in [0.5, 0.6) is 0 Å². The second-order valence-electron chi connectivity index (χ2n) is 9.39. The number of nitrogens with one attached hydrogen (secondary N) is 1. The Bertz CT molecular complexity index is 704. The molecular formula is C23H33N2O2+. The highest BCUT2D eigenvalue weighted by molar-refractivity contribution is 5.75. The first kappa shape index (κ1) is 18.7. The number of fused-ring (bicyclic) bond motifs is 2. The number of quaternary nitrogens is 1. The summed E-state index contributed by atoms with van der Waals surface area (Å²) in [6, 6.07) is 6.06. The number of likely N-dealkylation sites (N-methyl/N-ethyl adjacent to an activating group) is 1. The van der Waals surface area contributed by atoms with Gasteiger partial charge in [0.1, 0.15) is 12.0 Å². The molecule has 4 rings (SSSR count). The minimum atomic E-state index is 0.0371. The van der Waals surface area contributed by atoms with Crippen molar-refractivity contribution in [3.05, 3.63) is 42.2 Å². The number of nitrogens with zero attached hydrogens (tertiary/aromatic N) is 1. The summed E-state index contributed by atoms with van der Waals surface area (Å²) in [6.07, 6.45) is 8.67. The molecule has 0 spiro atoms. The fourth-order valence-corrected chi connectivity index (χ4v) is 5.85. The smallest absolute Gasteiger partial charge is 0.315 e. The van der Waals surface area contributed by atoms with E-state index in [1.165, 1.54) is 23.3 Å². The maximum absolute atomic E-state index is 12.7. The van der Waals surface area contributed by atoms with Crippen LogP contribution in [0.25, 0.3) is 0 Å². The largest absolute Gasteiger partial charge is 0.462 e. The Morgan fingerprint density at radius 3 is 3.04 bits per heavy atom. The van der Waals surface area contributed by atoms with Crippen molar-refractivity contribution in [1.29, 1.82) is 0 Å². The Morgan fingerprint density at radius 1 is 1.41 bits per heavy atom. The van der Waals surface area contributed by atoms with Crippen LogP contribution in [0.4, 0.5) is 0 Å². The Balaban J connectivity index is 1.40. The predicted octanol–water partition coefficient (Wildman–Crippen LogP) is 2.45. The van der Waals surface area contributed by atoms with Gasteiger partial charge in [-0.05, 0) is 55.6 Å². The molecule has 0 radical (unpaired) electrons. The number of carbonyl (C=O) groups is 1. The number of ether oxygens (including phenoxy) is 1. The molecule has 146 valence electrons. The van der Waals surface area contributed by atoms with Gasteiger partial charge in [0, 0.05) is 24.2 Å². The van der Waals surface area contributed by atoms with Gasteiger partial charge in [-0.2, -0.15) is 0 Å². The fraction of sp³-hybridized carbons (Fsp3) is 0.652. The van der Waals surface area contributed by atoms with Crippen molar-refractivity contribution < 1.29 is 14.4 Å². The highest BCUT2D eigenvalue weighted by atomic mass is 16.6. The van der Waals surface area contributed by atoms with Crippen molar-refractivity contribution in [2.75, 3.05) is 20.1 Å². The van der Waals surface area contributed by atoms with Gasteiger partial charge in [-0.1, -0.05) is 25.1 Å². The van der Waals surface area contributed by atoms with Gasteiger partial charge in [-0.25, -0.2) is 0 Å². The lowest BCUT2D eigenvalue weighted by Crippen LogP contribution is -3.10. The maximum Gasteiger partial charge on any atom is 0.315 e. The zero-order valence-corrected chi connectivity index (χ0v) is 16.7. The molecule has 0 bridgehead atoms. The SMILES string of the molecule is C=C1CCC[C@@]2(C)C[C@H]3OC(=O)[C@@H](C[NH+](C)CCc4ccccn4)[C@@H]3C[C@@H]12. The Kier molecular flexibility index (Phi) is 5.11. The number of hydrogen-bond acceptors (Lipinski definition) is 3. The summed E-state index contributed by atoms with van der Waals surface area (Å²) < 4.78 is 5.90. The van der Waals surface area contributed by atoms with E-state index in [0.29, 0.717) is 11.8 Å². The van der Waals surface area contributed by atoms with E-state index in [4.69, 9.17) is 4.74 Å². The minimum absolute atomic E-state index is 0.0371. The third-order valence-corrected chi connectivity index (χ3v) is 7.42. The highest BCUT2D eigenvalue weighted by Crippen LogP contribution is 2.56. The predicted molar refractivity (Wildman–Crippen MR) is 105 cm³/mol. The molecule has 0 aromatic carbocycles. The van der Waals surface area contributed by atoms with E-state index in [2.05, 4.69) is 31.6 Å². The Morgan fingerprint density at radius 2 is 2.26 bits per heavy atom. The van der Waals surface area contributed by atoms with E-state index >= 15 is 0 Å². The molecule has 2 aliphatic carbocycles. The molecule has 6 atom stereocenters.